The zero-order valence-electron chi connectivity index (χ0n) is 16.5. The molecule has 1 amide bonds. The van der Waals surface area contributed by atoms with Crippen LogP contribution in [0.3, 0.4) is 0 Å². The number of carbonyl (C=O) groups excluding carboxylic acids is 2. The maximum Gasteiger partial charge on any atom is 0.313 e. The van der Waals surface area contributed by atoms with Crippen molar-refractivity contribution in [2.24, 2.45) is 5.92 Å². The molecule has 2 rings (SSSR count). The largest absolute Gasteiger partial charge is 0.497 e. The molecule has 0 bridgehead atoms. The van der Waals surface area contributed by atoms with Gasteiger partial charge in [0.05, 0.1) is 20.1 Å². The molecule has 0 atom stereocenters. The van der Waals surface area contributed by atoms with E-state index in [1.54, 1.807) is 45.2 Å². The van der Waals surface area contributed by atoms with Crippen molar-refractivity contribution in [2.45, 2.75) is 20.4 Å². The molecule has 0 aliphatic rings. The lowest BCUT2D eigenvalue weighted by molar-refractivity contribution is -0.137. The molecule has 148 valence electrons. The fourth-order valence-electron chi connectivity index (χ4n) is 2.30. The molecule has 2 aromatic carbocycles. The van der Waals surface area contributed by atoms with Crippen molar-refractivity contribution in [3.8, 4) is 17.2 Å². The van der Waals surface area contributed by atoms with E-state index in [1.165, 1.54) is 13.2 Å². The summed E-state index contributed by atoms with van der Waals surface area (Å²) in [6.45, 7) is 3.92. The first kappa shape index (κ1) is 21.0. The lowest BCUT2D eigenvalue weighted by Crippen LogP contribution is -2.20. The van der Waals surface area contributed by atoms with Gasteiger partial charge in [0, 0.05) is 12.6 Å². The van der Waals surface area contributed by atoms with Gasteiger partial charge in [-0.2, -0.15) is 0 Å². The molecule has 1 N–H and O–H groups in total. The summed E-state index contributed by atoms with van der Waals surface area (Å²) in [7, 11) is 3.10. The first-order valence-corrected chi connectivity index (χ1v) is 8.91. The third kappa shape index (κ3) is 6.16. The molecule has 0 unspecified atom stereocenters. The summed E-state index contributed by atoms with van der Waals surface area (Å²) in [4.78, 5) is 23.8. The zero-order chi connectivity index (χ0) is 20.5. The van der Waals surface area contributed by atoms with Crippen LogP contribution in [0.4, 0.5) is 0 Å². The summed E-state index contributed by atoms with van der Waals surface area (Å²) < 4.78 is 15.7. The second kappa shape index (κ2) is 10.2. The van der Waals surface area contributed by atoms with Gasteiger partial charge in [-0.3, -0.25) is 9.59 Å². The van der Waals surface area contributed by atoms with Gasteiger partial charge in [-0.15, -0.1) is 0 Å². The second-order valence-electron chi connectivity index (χ2n) is 6.39. The molecule has 0 fully saturated rings. The molecule has 0 aliphatic heterocycles. The smallest absolute Gasteiger partial charge is 0.313 e. The predicted octanol–water partition coefficient (Wildman–Crippen LogP) is 3.59. The number of ether oxygens (including phenoxy) is 3. The molecule has 2 aromatic rings. The van der Waals surface area contributed by atoms with Crippen molar-refractivity contribution in [1.29, 1.82) is 0 Å². The molecular weight excluding hydrogens is 358 g/mol. The van der Waals surface area contributed by atoms with E-state index in [9.17, 15) is 9.59 Å². The van der Waals surface area contributed by atoms with E-state index in [1.807, 2.05) is 24.3 Å². The Hall–Kier alpha value is -3.28. The minimum atomic E-state index is -0.335. The van der Waals surface area contributed by atoms with E-state index in [2.05, 4.69) is 5.32 Å². The Balaban J connectivity index is 1.98. The van der Waals surface area contributed by atoms with Gasteiger partial charge in [-0.05, 0) is 41.5 Å². The van der Waals surface area contributed by atoms with Crippen LogP contribution >= 0.6 is 0 Å². The SMILES string of the molecule is COc1cccc(CNC(=O)/C=C/c2ccc(OC(=O)C(C)C)c(OC)c2)c1. The molecule has 0 aromatic heterocycles. The van der Waals surface area contributed by atoms with Crippen LogP contribution in [0.2, 0.25) is 0 Å². The van der Waals surface area contributed by atoms with Crippen molar-refractivity contribution in [1.82, 2.24) is 5.32 Å². The van der Waals surface area contributed by atoms with Crippen LogP contribution in [0.25, 0.3) is 6.08 Å². The average molecular weight is 383 g/mol. The number of hydrogen-bond donors (Lipinski definition) is 1. The van der Waals surface area contributed by atoms with Gasteiger partial charge >= 0.3 is 5.97 Å². The topological polar surface area (TPSA) is 73.9 Å². The normalized spacial score (nSPS) is 10.8. The Morgan fingerprint density at radius 1 is 1.04 bits per heavy atom. The maximum atomic E-state index is 12.1. The number of nitrogens with one attached hydrogen (secondary N) is 1. The van der Waals surface area contributed by atoms with Gasteiger partial charge in [-0.25, -0.2) is 0 Å². The maximum absolute atomic E-state index is 12.1. The monoisotopic (exact) mass is 383 g/mol. The van der Waals surface area contributed by atoms with E-state index in [4.69, 9.17) is 14.2 Å². The second-order valence-corrected chi connectivity index (χ2v) is 6.39. The number of amides is 1. The zero-order valence-corrected chi connectivity index (χ0v) is 16.5. The van der Waals surface area contributed by atoms with Crippen molar-refractivity contribution in [3.63, 3.8) is 0 Å². The molecule has 6 nitrogen and oxygen atoms in total. The van der Waals surface area contributed by atoms with Gasteiger partial charge in [0.25, 0.3) is 0 Å². The predicted molar refractivity (Wildman–Crippen MR) is 107 cm³/mol. The van der Waals surface area contributed by atoms with E-state index >= 15 is 0 Å². The average Bonchev–Trinajstić information content (AvgIpc) is 2.71. The molecule has 6 heteroatoms. The van der Waals surface area contributed by atoms with E-state index in [0.29, 0.717) is 18.0 Å². The van der Waals surface area contributed by atoms with Crippen LogP contribution in [0.1, 0.15) is 25.0 Å². The molecule has 28 heavy (non-hydrogen) atoms. The lowest BCUT2D eigenvalue weighted by Gasteiger charge is -2.11. The van der Waals surface area contributed by atoms with Crippen molar-refractivity contribution >= 4 is 18.0 Å². The fraction of sp³-hybridized carbons (Fsp3) is 0.273. The minimum absolute atomic E-state index is 0.225. The van der Waals surface area contributed by atoms with Crippen molar-refractivity contribution < 1.29 is 23.8 Å². The molecule has 0 aliphatic carbocycles. The summed E-state index contributed by atoms with van der Waals surface area (Å²) in [5, 5.41) is 2.82. The Labute approximate surface area is 165 Å². The molecule has 0 radical (unpaired) electrons. The van der Waals surface area contributed by atoms with Crippen LogP contribution in [0, 0.1) is 5.92 Å². The van der Waals surface area contributed by atoms with Crippen molar-refractivity contribution in [3.05, 3.63) is 59.7 Å². The molecular formula is C22H25NO5. The number of methoxy groups -OCH3 is 2. The van der Waals surface area contributed by atoms with Gasteiger partial charge in [-0.1, -0.05) is 32.0 Å². The number of rotatable bonds is 8. The first-order chi connectivity index (χ1) is 13.4. The van der Waals surface area contributed by atoms with E-state index < -0.39 is 0 Å². The van der Waals surface area contributed by atoms with E-state index in [-0.39, 0.29) is 17.8 Å². The van der Waals surface area contributed by atoms with Crippen LogP contribution < -0.4 is 19.5 Å². The summed E-state index contributed by atoms with van der Waals surface area (Å²) >= 11 is 0. The highest BCUT2D eigenvalue weighted by Gasteiger charge is 2.13. The Morgan fingerprint density at radius 2 is 1.82 bits per heavy atom. The third-order valence-corrected chi connectivity index (χ3v) is 3.90. The van der Waals surface area contributed by atoms with Crippen molar-refractivity contribution in [2.75, 3.05) is 14.2 Å². The quantitative estimate of drug-likeness (QED) is 0.428. The molecule has 0 spiro atoms. The van der Waals surface area contributed by atoms with Crippen LogP contribution in [0.5, 0.6) is 17.2 Å². The van der Waals surface area contributed by atoms with Crippen LogP contribution in [-0.2, 0) is 16.1 Å². The van der Waals surface area contributed by atoms with Gasteiger partial charge in [0.1, 0.15) is 5.75 Å². The highest BCUT2D eigenvalue weighted by molar-refractivity contribution is 5.91. The van der Waals surface area contributed by atoms with Gasteiger partial charge in [0.2, 0.25) is 5.91 Å². The molecule has 0 heterocycles. The number of benzene rings is 2. The summed E-state index contributed by atoms with van der Waals surface area (Å²) in [6, 6.07) is 12.6. The Bertz CT molecular complexity index is 858. The minimum Gasteiger partial charge on any atom is -0.497 e. The number of carbonyl (C=O) groups is 2. The number of hydrogen-bond acceptors (Lipinski definition) is 5. The third-order valence-electron chi connectivity index (χ3n) is 3.90. The first-order valence-electron chi connectivity index (χ1n) is 8.91. The fourth-order valence-corrected chi connectivity index (χ4v) is 2.30. The van der Waals surface area contributed by atoms with Gasteiger partial charge < -0.3 is 19.5 Å². The standard InChI is InChI=1S/C22H25NO5/c1-15(2)22(25)28-19-10-8-16(13-20(19)27-4)9-11-21(24)23-14-17-6-5-7-18(12-17)26-3/h5-13,15H,14H2,1-4H3,(H,23,24)/b11-9+. The Morgan fingerprint density at radius 3 is 2.50 bits per heavy atom. The highest BCUT2D eigenvalue weighted by Crippen LogP contribution is 2.29. The summed E-state index contributed by atoms with van der Waals surface area (Å²) in [5.41, 5.74) is 1.69. The van der Waals surface area contributed by atoms with Gasteiger partial charge in [0.15, 0.2) is 11.5 Å². The van der Waals surface area contributed by atoms with Crippen LogP contribution in [0.15, 0.2) is 48.5 Å². The summed E-state index contributed by atoms with van der Waals surface area (Å²) in [6.07, 6.45) is 3.10. The Kier molecular flexibility index (Phi) is 7.63. The molecule has 0 saturated carbocycles. The lowest BCUT2D eigenvalue weighted by atomic mass is 10.1. The van der Waals surface area contributed by atoms with E-state index in [0.717, 1.165) is 16.9 Å². The van der Waals surface area contributed by atoms with Crippen LogP contribution in [-0.4, -0.2) is 26.1 Å². The number of esters is 1. The summed E-state index contributed by atoms with van der Waals surface area (Å²) in [5.74, 6) is 0.717. The highest BCUT2D eigenvalue weighted by atomic mass is 16.6. The molecule has 0 saturated heterocycles.